The number of nitrogens with two attached hydrogens (primary N) is 1. The van der Waals surface area contributed by atoms with Gasteiger partial charge in [-0.25, -0.2) is 14.9 Å². The third-order valence-electron chi connectivity index (χ3n) is 2.13. The monoisotopic (exact) mass is 183 g/mol. The van der Waals surface area contributed by atoms with Gasteiger partial charge in [-0.2, -0.15) is 0 Å². The second-order valence-electron chi connectivity index (χ2n) is 2.97. The van der Waals surface area contributed by atoms with Crippen LogP contribution in [0.4, 0.5) is 0 Å². The molecule has 0 bridgehead atoms. The number of rotatable bonds is 1. The van der Waals surface area contributed by atoms with Crippen molar-refractivity contribution in [1.82, 2.24) is 10.2 Å². The van der Waals surface area contributed by atoms with Crippen LogP contribution in [-0.2, 0) is 4.74 Å². The zero-order valence-electron chi connectivity index (χ0n) is 7.31. The average molecular weight is 183 g/mol. The maximum Gasteiger partial charge on any atom is 0.267 e. The molecule has 0 aliphatic carbocycles. The van der Waals surface area contributed by atoms with Crippen molar-refractivity contribution in [2.75, 3.05) is 26.3 Å². The highest BCUT2D eigenvalue weighted by Crippen LogP contribution is 2.14. The van der Waals surface area contributed by atoms with Gasteiger partial charge >= 0.3 is 0 Å². The molecule has 0 aromatic heterocycles. The van der Waals surface area contributed by atoms with E-state index in [4.69, 9.17) is 10.5 Å². The van der Waals surface area contributed by atoms with Gasteiger partial charge in [0.05, 0.1) is 25.9 Å². The van der Waals surface area contributed by atoms with E-state index >= 15 is 0 Å². The number of hydrogen-bond acceptors (Lipinski definition) is 6. The summed E-state index contributed by atoms with van der Waals surface area (Å²) in [5, 5.41) is 2.76. The first-order valence-electron chi connectivity index (χ1n) is 4.26. The van der Waals surface area contributed by atoms with Crippen molar-refractivity contribution in [1.29, 1.82) is 0 Å². The van der Waals surface area contributed by atoms with E-state index in [2.05, 4.69) is 15.3 Å². The van der Waals surface area contributed by atoms with Gasteiger partial charge in [0.1, 0.15) is 0 Å². The Kier molecular flexibility index (Phi) is 2.26. The Morgan fingerprint density at radius 1 is 1.31 bits per heavy atom. The van der Waals surface area contributed by atoms with Crippen LogP contribution in [0, 0.1) is 0 Å². The number of hydrogen-bond donors (Lipinski definition) is 2. The fourth-order valence-corrected chi connectivity index (χ4v) is 1.39. The molecular formula is C7H13N5O. The summed E-state index contributed by atoms with van der Waals surface area (Å²) in [5.41, 5.74) is 5.97. The fourth-order valence-electron chi connectivity index (χ4n) is 1.39. The third-order valence-corrected chi connectivity index (χ3v) is 2.13. The van der Waals surface area contributed by atoms with Crippen LogP contribution < -0.4 is 11.1 Å². The van der Waals surface area contributed by atoms with Crippen LogP contribution in [-0.4, -0.2) is 49.8 Å². The zero-order chi connectivity index (χ0) is 9.15. The first-order valence-corrected chi connectivity index (χ1v) is 4.26. The van der Waals surface area contributed by atoms with Crippen LogP contribution in [0.2, 0.25) is 0 Å². The highest BCUT2D eigenvalue weighted by molar-refractivity contribution is 5.77. The minimum absolute atomic E-state index is 0.692. The lowest BCUT2D eigenvalue weighted by molar-refractivity contribution is -0.0148. The molecule has 2 aliphatic rings. The number of nitrogens with one attached hydrogen (secondary N) is 1. The Bertz CT molecular complexity index is 221. The molecule has 2 heterocycles. The number of aliphatic imine (C=N–C) groups is 2. The van der Waals surface area contributed by atoms with Gasteiger partial charge in [0.15, 0.2) is 0 Å². The van der Waals surface area contributed by atoms with Crippen molar-refractivity contribution in [3.63, 3.8) is 0 Å². The van der Waals surface area contributed by atoms with Crippen molar-refractivity contribution in [3.05, 3.63) is 0 Å². The van der Waals surface area contributed by atoms with E-state index in [0.717, 1.165) is 13.1 Å². The summed E-state index contributed by atoms with van der Waals surface area (Å²) in [6, 6.07) is 0. The summed E-state index contributed by atoms with van der Waals surface area (Å²) < 4.78 is 5.22. The molecule has 0 radical (unpaired) electrons. The average Bonchev–Trinajstić information content (AvgIpc) is 2.20. The highest BCUT2D eigenvalue weighted by atomic mass is 16.5. The van der Waals surface area contributed by atoms with Gasteiger partial charge in [-0.05, 0) is 0 Å². The normalized spacial score (nSPS) is 27.2. The van der Waals surface area contributed by atoms with Gasteiger partial charge < -0.3 is 10.1 Å². The molecule has 0 atom stereocenters. The van der Waals surface area contributed by atoms with E-state index in [1.807, 2.05) is 4.90 Å². The minimum atomic E-state index is -0.922. The lowest BCUT2D eigenvalue weighted by Crippen LogP contribution is -2.58. The molecule has 2 rings (SSSR count). The number of morpholine rings is 1. The molecule has 6 heteroatoms. The van der Waals surface area contributed by atoms with E-state index in [1.165, 1.54) is 0 Å². The molecule has 0 unspecified atom stereocenters. The van der Waals surface area contributed by atoms with E-state index in [1.54, 1.807) is 12.7 Å². The van der Waals surface area contributed by atoms with Crippen LogP contribution in [0.3, 0.4) is 0 Å². The van der Waals surface area contributed by atoms with Crippen molar-refractivity contribution in [2.45, 2.75) is 5.91 Å². The molecular weight excluding hydrogens is 170 g/mol. The minimum Gasteiger partial charge on any atom is -0.379 e. The van der Waals surface area contributed by atoms with E-state index < -0.39 is 5.91 Å². The molecule has 3 N–H and O–H groups in total. The quantitative estimate of drug-likeness (QED) is 0.521. The molecule has 72 valence electrons. The van der Waals surface area contributed by atoms with Crippen molar-refractivity contribution in [3.8, 4) is 0 Å². The fraction of sp³-hybridized carbons (Fsp3) is 0.714. The van der Waals surface area contributed by atoms with Crippen molar-refractivity contribution >= 4 is 12.7 Å². The van der Waals surface area contributed by atoms with Crippen LogP contribution >= 0.6 is 0 Å². The van der Waals surface area contributed by atoms with Crippen LogP contribution in [0.25, 0.3) is 0 Å². The topological polar surface area (TPSA) is 75.2 Å². The predicted molar refractivity (Wildman–Crippen MR) is 49.4 cm³/mol. The Morgan fingerprint density at radius 3 is 2.54 bits per heavy atom. The Morgan fingerprint density at radius 2 is 1.92 bits per heavy atom. The maximum absolute atomic E-state index is 5.97. The number of nitrogens with zero attached hydrogens (tertiary/aromatic N) is 3. The Labute approximate surface area is 76.5 Å². The summed E-state index contributed by atoms with van der Waals surface area (Å²) in [6.45, 7) is 2.92. The maximum atomic E-state index is 5.97. The van der Waals surface area contributed by atoms with Gasteiger partial charge in [0, 0.05) is 13.1 Å². The van der Waals surface area contributed by atoms with Gasteiger partial charge in [-0.1, -0.05) is 0 Å². The van der Waals surface area contributed by atoms with Crippen LogP contribution in [0.1, 0.15) is 0 Å². The molecule has 1 fully saturated rings. The molecule has 13 heavy (non-hydrogen) atoms. The summed E-state index contributed by atoms with van der Waals surface area (Å²) in [7, 11) is 0. The third kappa shape index (κ3) is 1.69. The van der Waals surface area contributed by atoms with Crippen molar-refractivity contribution in [2.24, 2.45) is 15.7 Å². The summed E-state index contributed by atoms with van der Waals surface area (Å²) >= 11 is 0. The molecule has 0 saturated carbocycles. The van der Waals surface area contributed by atoms with Crippen LogP contribution in [0.15, 0.2) is 9.98 Å². The predicted octanol–water partition coefficient (Wildman–Crippen LogP) is -1.45. The standard InChI is InChI=1S/C7H13N5O/c8-7(10-5-9-6-11-7)12-1-3-13-4-2-12/h5-6H,1-4,8H2,(H,9,10,11). The molecule has 0 spiro atoms. The molecule has 6 nitrogen and oxygen atoms in total. The molecule has 0 aromatic rings. The lowest BCUT2D eigenvalue weighted by atomic mass is 10.4. The van der Waals surface area contributed by atoms with Gasteiger partial charge in [-0.3, -0.25) is 5.73 Å². The SMILES string of the molecule is NC1(N2CCOCC2)N=CNC=N1. The molecule has 2 aliphatic heterocycles. The highest BCUT2D eigenvalue weighted by Gasteiger charge is 2.32. The van der Waals surface area contributed by atoms with Gasteiger partial charge in [-0.15, -0.1) is 0 Å². The van der Waals surface area contributed by atoms with Crippen molar-refractivity contribution < 1.29 is 4.74 Å². The second kappa shape index (κ2) is 3.41. The van der Waals surface area contributed by atoms with Crippen LogP contribution in [0.5, 0.6) is 0 Å². The van der Waals surface area contributed by atoms with E-state index in [9.17, 15) is 0 Å². The first kappa shape index (κ1) is 8.61. The molecule has 0 amide bonds. The summed E-state index contributed by atoms with van der Waals surface area (Å²) in [4.78, 5) is 10.2. The molecule has 1 saturated heterocycles. The van der Waals surface area contributed by atoms with Gasteiger partial charge in [0.2, 0.25) is 0 Å². The zero-order valence-corrected chi connectivity index (χ0v) is 7.31. The summed E-state index contributed by atoms with van der Waals surface area (Å²) in [5.74, 6) is -0.922. The Balaban J connectivity index is 2.07. The molecule has 0 aromatic carbocycles. The Hall–Kier alpha value is -0.980. The lowest BCUT2D eigenvalue weighted by Gasteiger charge is -2.37. The number of ether oxygens (including phenoxy) is 1. The largest absolute Gasteiger partial charge is 0.379 e. The van der Waals surface area contributed by atoms with Gasteiger partial charge in [0.25, 0.3) is 5.91 Å². The van der Waals surface area contributed by atoms with E-state index in [0.29, 0.717) is 13.2 Å². The summed E-state index contributed by atoms with van der Waals surface area (Å²) in [6.07, 6.45) is 3.12. The first-order chi connectivity index (χ1) is 6.31. The smallest absolute Gasteiger partial charge is 0.267 e. The second-order valence-corrected chi connectivity index (χ2v) is 2.97. The van der Waals surface area contributed by atoms with E-state index in [-0.39, 0.29) is 0 Å².